The van der Waals surface area contributed by atoms with E-state index >= 15 is 0 Å². The minimum absolute atomic E-state index is 0.212. The van der Waals surface area contributed by atoms with Crippen LogP contribution in [0.4, 0.5) is 10.1 Å². The molecule has 2 aliphatic heterocycles. The fourth-order valence-electron chi connectivity index (χ4n) is 4.71. The van der Waals surface area contributed by atoms with Crippen LogP contribution in [0.15, 0.2) is 48.5 Å². The number of esters is 1. The molecule has 1 fully saturated rings. The summed E-state index contributed by atoms with van der Waals surface area (Å²) in [7, 11) is 2.02. The normalized spacial score (nSPS) is 16.4. The van der Waals surface area contributed by atoms with E-state index in [1.54, 1.807) is 17.0 Å². The quantitative estimate of drug-likeness (QED) is 0.556. The summed E-state index contributed by atoms with van der Waals surface area (Å²) >= 11 is 0. The summed E-state index contributed by atoms with van der Waals surface area (Å²) in [6.07, 6.45) is 0.772. The zero-order valence-electron chi connectivity index (χ0n) is 19.2. The molecule has 1 aromatic heterocycles. The first-order valence-electron chi connectivity index (χ1n) is 11.5. The topological polar surface area (TPSA) is 66.0 Å². The van der Waals surface area contributed by atoms with Crippen molar-refractivity contribution in [2.24, 2.45) is 0 Å². The van der Waals surface area contributed by atoms with Gasteiger partial charge in [0.15, 0.2) is 6.61 Å². The number of nitrogens with zero attached hydrogens (tertiary/aromatic N) is 4. The molecule has 0 N–H and O–H groups in total. The zero-order chi connectivity index (χ0) is 23.7. The highest BCUT2D eigenvalue weighted by Crippen LogP contribution is 2.28. The molecule has 3 aromatic rings. The standard InChI is InChI=1S/C26H27FN4O3/c1-29-11-10-23-21(16-29)25(20-4-2-3-5-22(20)28-23)26(33)34-17-24(32)31-14-12-30(13-15-31)19-8-6-18(27)7-9-19/h2-9H,10-17H2,1H3. The Morgan fingerprint density at radius 3 is 2.50 bits per heavy atom. The van der Waals surface area contributed by atoms with E-state index in [9.17, 15) is 14.0 Å². The second-order valence-corrected chi connectivity index (χ2v) is 8.84. The van der Waals surface area contributed by atoms with Crippen molar-refractivity contribution in [3.8, 4) is 0 Å². The van der Waals surface area contributed by atoms with Crippen LogP contribution in [0.5, 0.6) is 0 Å². The van der Waals surface area contributed by atoms with E-state index in [1.807, 2.05) is 31.3 Å². The van der Waals surface area contributed by atoms with Gasteiger partial charge in [0, 0.05) is 68.0 Å². The number of aromatic nitrogens is 1. The minimum atomic E-state index is -0.483. The molecular formula is C26H27FN4O3. The van der Waals surface area contributed by atoms with Gasteiger partial charge in [-0.25, -0.2) is 9.18 Å². The lowest BCUT2D eigenvalue weighted by Crippen LogP contribution is -2.50. The summed E-state index contributed by atoms with van der Waals surface area (Å²) in [5, 5.41) is 0.752. The Morgan fingerprint density at radius 1 is 1.00 bits per heavy atom. The summed E-state index contributed by atoms with van der Waals surface area (Å²) in [5.41, 5.74) is 4.02. The fourth-order valence-corrected chi connectivity index (χ4v) is 4.71. The number of pyridine rings is 1. The number of benzene rings is 2. The molecule has 0 saturated carbocycles. The van der Waals surface area contributed by atoms with Crippen LogP contribution in [0.25, 0.3) is 10.9 Å². The third-order valence-corrected chi connectivity index (χ3v) is 6.59. The second-order valence-electron chi connectivity index (χ2n) is 8.84. The van der Waals surface area contributed by atoms with E-state index in [4.69, 9.17) is 9.72 Å². The Morgan fingerprint density at radius 2 is 1.74 bits per heavy atom. The summed E-state index contributed by atoms with van der Waals surface area (Å²) in [6, 6.07) is 13.9. The van der Waals surface area contributed by atoms with Crippen molar-refractivity contribution in [2.75, 3.05) is 51.3 Å². The van der Waals surface area contributed by atoms with Crippen LogP contribution in [0.3, 0.4) is 0 Å². The molecule has 0 aliphatic carbocycles. The van der Waals surface area contributed by atoms with Crippen molar-refractivity contribution in [1.82, 2.24) is 14.8 Å². The molecule has 0 atom stereocenters. The number of carbonyl (C=O) groups excluding carboxylic acids is 2. The molecule has 2 aliphatic rings. The first-order valence-corrected chi connectivity index (χ1v) is 11.5. The van der Waals surface area contributed by atoms with E-state index in [2.05, 4.69) is 9.80 Å². The number of piperazine rings is 1. The van der Waals surface area contributed by atoms with Gasteiger partial charge >= 0.3 is 5.97 Å². The van der Waals surface area contributed by atoms with Gasteiger partial charge in [0.25, 0.3) is 5.91 Å². The fraction of sp³-hybridized carbons (Fsp3) is 0.346. The number of ether oxygens (including phenoxy) is 1. The number of hydrogen-bond donors (Lipinski definition) is 0. The molecule has 0 spiro atoms. The Hall–Kier alpha value is -3.52. The van der Waals surface area contributed by atoms with Crippen molar-refractivity contribution < 1.29 is 18.7 Å². The van der Waals surface area contributed by atoms with E-state index in [-0.39, 0.29) is 18.3 Å². The molecule has 1 saturated heterocycles. The molecule has 2 aromatic carbocycles. The number of hydrogen-bond acceptors (Lipinski definition) is 6. The second kappa shape index (κ2) is 9.38. The highest BCUT2D eigenvalue weighted by molar-refractivity contribution is 6.05. The molecule has 8 heteroatoms. The highest BCUT2D eigenvalue weighted by Gasteiger charge is 2.27. The van der Waals surface area contributed by atoms with Crippen LogP contribution in [0.1, 0.15) is 21.6 Å². The number of para-hydroxylation sites is 1. The van der Waals surface area contributed by atoms with E-state index < -0.39 is 5.97 Å². The first-order chi connectivity index (χ1) is 16.5. The average molecular weight is 463 g/mol. The van der Waals surface area contributed by atoms with Crippen LogP contribution in [-0.4, -0.2) is 73.0 Å². The Bertz CT molecular complexity index is 1220. The van der Waals surface area contributed by atoms with Crippen LogP contribution in [-0.2, 0) is 22.5 Å². The Balaban J connectivity index is 1.26. The summed E-state index contributed by atoms with van der Waals surface area (Å²) in [5.74, 6) is -0.964. The maximum absolute atomic E-state index is 13.2. The summed E-state index contributed by atoms with van der Waals surface area (Å²) < 4.78 is 18.7. The Labute approximate surface area is 197 Å². The molecule has 0 bridgehead atoms. The van der Waals surface area contributed by atoms with Gasteiger partial charge in [-0.3, -0.25) is 9.78 Å². The van der Waals surface area contributed by atoms with E-state index in [0.29, 0.717) is 38.3 Å². The monoisotopic (exact) mass is 462 g/mol. The molecule has 5 rings (SSSR count). The predicted molar refractivity (Wildman–Crippen MR) is 127 cm³/mol. The number of carbonyl (C=O) groups is 2. The van der Waals surface area contributed by atoms with Crippen molar-refractivity contribution >= 4 is 28.5 Å². The SMILES string of the molecule is CN1CCc2nc3ccccc3c(C(=O)OCC(=O)N3CCN(c4ccc(F)cc4)CC3)c2C1. The maximum atomic E-state index is 13.2. The highest BCUT2D eigenvalue weighted by atomic mass is 19.1. The lowest BCUT2D eigenvalue weighted by Gasteiger charge is -2.36. The van der Waals surface area contributed by atoms with E-state index in [1.165, 1.54) is 12.1 Å². The summed E-state index contributed by atoms with van der Waals surface area (Å²) in [4.78, 5) is 36.7. The molecule has 34 heavy (non-hydrogen) atoms. The van der Waals surface area contributed by atoms with Gasteiger partial charge in [-0.1, -0.05) is 18.2 Å². The smallest absolute Gasteiger partial charge is 0.339 e. The number of rotatable bonds is 4. The average Bonchev–Trinajstić information content (AvgIpc) is 2.86. The van der Waals surface area contributed by atoms with Gasteiger partial charge in [-0.05, 0) is 37.4 Å². The van der Waals surface area contributed by atoms with Gasteiger partial charge < -0.3 is 19.4 Å². The first kappa shape index (κ1) is 22.3. The Kier molecular flexibility index (Phi) is 6.15. The number of amides is 1. The van der Waals surface area contributed by atoms with Crippen LogP contribution in [0.2, 0.25) is 0 Å². The molecule has 7 nitrogen and oxygen atoms in total. The molecule has 176 valence electrons. The number of fused-ring (bicyclic) bond motifs is 2. The van der Waals surface area contributed by atoms with Gasteiger partial charge in [0.2, 0.25) is 0 Å². The van der Waals surface area contributed by atoms with Crippen molar-refractivity contribution in [2.45, 2.75) is 13.0 Å². The lowest BCUT2D eigenvalue weighted by molar-refractivity contribution is -0.134. The van der Waals surface area contributed by atoms with Gasteiger partial charge in [-0.15, -0.1) is 0 Å². The van der Waals surface area contributed by atoms with Crippen molar-refractivity contribution in [3.63, 3.8) is 0 Å². The van der Waals surface area contributed by atoms with Crippen molar-refractivity contribution in [1.29, 1.82) is 0 Å². The van der Waals surface area contributed by atoms with Gasteiger partial charge in [0.05, 0.1) is 11.1 Å². The number of halogens is 1. The molecule has 0 unspecified atom stereocenters. The largest absolute Gasteiger partial charge is 0.452 e. The lowest BCUT2D eigenvalue weighted by atomic mass is 9.96. The van der Waals surface area contributed by atoms with Crippen molar-refractivity contribution in [3.05, 3.63) is 71.2 Å². The molecule has 3 heterocycles. The van der Waals surface area contributed by atoms with Crippen LogP contribution < -0.4 is 4.90 Å². The zero-order valence-corrected chi connectivity index (χ0v) is 19.2. The summed E-state index contributed by atoms with van der Waals surface area (Å²) in [6.45, 7) is 3.53. The minimum Gasteiger partial charge on any atom is -0.452 e. The van der Waals surface area contributed by atoms with E-state index in [0.717, 1.165) is 40.8 Å². The predicted octanol–water partition coefficient (Wildman–Crippen LogP) is 2.87. The van der Waals surface area contributed by atoms with Gasteiger partial charge in [-0.2, -0.15) is 0 Å². The molecule has 0 radical (unpaired) electrons. The van der Waals surface area contributed by atoms with Crippen LogP contribution in [0, 0.1) is 5.82 Å². The number of likely N-dealkylation sites (N-methyl/N-ethyl adjacent to an activating group) is 1. The molecular weight excluding hydrogens is 435 g/mol. The molecule has 1 amide bonds. The number of anilines is 1. The van der Waals surface area contributed by atoms with Crippen LogP contribution >= 0.6 is 0 Å². The third kappa shape index (κ3) is 4.46. The third-order valence-electron chi connectivity index (χ3n) is 6.59. The van der Waals surface area contributed by atoms with Gasteiger partial charge in [0.1, 0.15) is 5.82 Å². The maximum Gasteiger partial charge on any atom is 0.339 e.